The average molecular weight is 393 g/mol. The molecular weight excluding hydrogens is 366 g/mol. The minimum Gasteiger partial charge on any atom is -0.477 e. The maximum atomic E-state index is 12.8. The molecular formula is C23H27N3O3. The van der Waals surface area contributed by atoms with Crippen LogP contribution in [-0.2, 0) is 6.54 Å². The van der Waals surface area contributed by atoms with Gasteiger partial charge in [0.2, 0.25) is 0 Å². The highest BCUT2D eigenvalue weighted by molar-refractivity contribution is 5.90. The third-order valence-corrected chi connectivity index (χ3v) is 7.00. The molecule has 4 aliphatic carbocycles. The van der Waals surface area contributed by atoms with E-state index in [1.165, 1.54) is 19.3 Å². The number of anilines is 1. The van der Waals surface area contributed by atoms with Gasteiger partial charge in [-0.25, -0.2) is 9.59 Å². The number of carboxylic acid groups (broad SMARTS) is 1. The summed E-state index contributed by atoms with van der Waals surface area (Å²) < 4.78 is 1.69. The highest BCUT2D eigenvalue weighted by atomic mass is 16.4. The molecule has 6 nitrogen and oxygen atoms in total. The Labute approximate surface area is 170 Å². The van der Waals surface area contributed by atoms with E-state index in [0.29, 0.717) is 6.54 Å². The quantitative estimate of drug-likeness (QED) is 0.707. The Morgan fingerprint density at radius 1 is 1.03 bits per heavy atom. The molecule has 0 radical (unpaired) electrons. The van der Waals surface area contributed by atoms with E-state index in [4.69, 9.17) is 0 Å². The van der Waals surface area contributed by atoms with Gasteiger partial charge >= 0.3 is 12.0 Å². The van der Waals surface area contributed by atoms with Gasteiger partial charge in [-0.3, -0.25) is 0 Å². The fourth-order valence-corrected chi connectivity index (χ4v) is 6.36. The van der Waals surface area contributed by atoms with Crippen molar-refractivity contribution in [2.45, 2.75) is 50.6 Å². The third kappa shape index (κ3) is 3.63. The van der Waals surface area contributed by atoms with E-state index >= 15 is 0 Å². The van der Waals surface area contributed by atoms with Crippen LogP contribution in [-0.4, -0.2) is 27.2 Å². The number of aromatic carboxylic acids is 1. The zero-order valence-corrected chi connectivity index (χ0v) is 16.4. The zero-order valence-electron chi connectivity index (χ0n) is 16.4. The molecule has 29 heavy (non-hydrogen) atoms. The molecule has 1 aromatic carbocycles. The lowest BCUT2D eigenvalue weighted by atomic mass is 9.53. The van der Waals surface area contributed by atoms with Crippen LogP contribution in [0, 0.1) is 17.8 Å². The first kappa shape index (κ1) is 18.3. The molecule has 0 saturated heterocycles. The fourth-order valence-electron chi connectivity index (χ4n) is 6.36. The minimum atomic E-state index is -0.945. The van der Waals surface area contributed by atoms with Crippen LogP contribution in [0.15, 0.2) is 42.6 Å². The fraction of sp³-hybridized carbons (Fsp3) is 0.478. The van der Waals surface area contributed by atoms with Crippen molar-refractivity contribution in [3.05, 3.63) is 53.9 Å². The predicted octanol–water partition coefficient (Wildman–Crippen LogP) is 4.32. The molecule has 6 rings (SSSR count). The van der Waals surface area contributed by atoms with E-state index in [0.717, 1.165) is 48.3 Å². The van der Waals surface area contributed by atoms with Crippen LogP contribution >= 0.6 is 0 Å². The van der Waals surface area contributed by atoms with E-state index in [1.807, 2.05) is 24.3 Å². The Kier molecular flexibility index (Phi) is 4.37. The van der Waals surface area contributed by atoms with Crippen LogP contribution < -0.4 is 10.6 Å². The minimum absolute atomic E-state index is 0.0159. The number of carbonyl (C=O) groups excluding carboxylic acids is 1. The standard InChI is InChI=1S/C23H27N3O3/c27-21(28)20-5-2-6-26(20)14-15-3-1-4-19(10-15)24-22(29)25-23-11-16-7-17(12-23)9-18(8-16)13-23/h1-6,10,16-18H,7-9,11-14H2,(H,27,28)(H2,24,25,29). The summed E-state index contributed by atoms with van der Waals surface area (Å²) in [5, 5.41) is 15.6. The van der Waals surface area contributed by atoms with Gasteiger partial charge in [-0.15, -0.1) is 0 Å². The molecule has 4 bridgehead atoms. The first-order chi connectivity index (χ1) is 14.0. The maximum absolute atomic E-state index is 12.8. The van der Waals surface area contributed by atoms with Crippen LogP contribution in [0.1, 0.15) is 54.6 Å². The summed E-state index contributed by atoms with van der Waals surface area (Å²) in [7, 11) is 0. The van der Waals surface area contributed by atoms with Crippen molar-refractivity contribution in [3.8, 4) is 0 Å². The van der Waals surface area contributed by atoms with E-state index in [9.17, 15) is 14.7 Å². The van der Waals surface area contributed by atoms with Crippen molar-refractivity contribution < 1.29 is 14.7 Å². The Morgan fingerprint density at radius 3 is 2.38 bits per heavy atom. The highest BCUT2D eigenvalue weighted by Gasteiger charge is 2.51. The van der Waals surface area contributed by atoms with Crippen LogP contribution in [0.5, 0.6) is 0 Å². The molecule has 0 aliphatic heterocycles. The van der Waals surface area contributed by atoms with Crippen molar-refractivity contribution in [3.63, 3.8) is 0 Å². The number of urea groups is 1. The predicted molar refractivity (Wildman–Crippen MR) is 110 cm³/mol. The van der Waals surface area contributed by atoms with Crippen LogP contribution in [0.4, 0.5) is 10.5 Å². The lowest BCUT2D eigenvalue weighted by molar-refractivity contribution is -0.0127. The number of hydrogen-bond acceptors (Lipinski definition) is 2. The summed E-state index contributed by atoms with van der Waals surface area (Å²) in [6, 6.07) is 10.8. The molecule has 1 aromatic heterocycles. The van der Waals surface area contributed by atoms with Crippen molar-refractivity contribution >= 4 is 17.7 Å². The Hall–Kier alpha value is -2.76. The molecule has 2 amide bonds. The monoisotopic (exact) mass is 393 g/mol. The zero-order chi connectivity index (χ0) is 20.0. The van der Waals surface area contributed by atoms with Crippen LogP contribution in [0.3, 0.4) is 0 Å². The number of nitrogens with one attached hydrogen (secondary N) is 2. The number of rotatable bonds is 5. The summed E-state index contributed by atoms with van der Waals surface area (Å²) in [4.78, 5) is 24.1. The molecule has 2 aromatic rings. The van der Waals surface area contributed by atoms with Crippen LogP contribution in [0.25, 0.3) is 0 Å². The summed E-state index contributed by atoms with van der Waals surface area (Å²) in [6.07, 6.45) is 9.17. The largest absolute Gasteiger partial charge is 0.477 e. The summed E-state index contributed by atoms with van der Waals surface area (Å²) in [5.41, 5.74) is 1.91. The molecule has 1 heterocycles. The van der Waals surface area contributed by atoms with E-state index in [2.05, 4.69) is 10.6 Å². The second kappa shape index (κ2) is 6.94. The molecule has 3 N–H and O–H groups in total. The number of carboxylic acids is 1. The van der Waals surface area contributed by atoms with E-state index in [1.54, 1.807) is 22.9 Å². The van der Waals surface area contributed by atoms with Gasteiger partial charge < -0.3 is 20.3 Å². The maximum Gasteiger partial charge on any atom is 0.352 e. The molecule has 0 atom stereocenters. The number of benzene rings is 1. The molecule has 4 aliphatic rings. The lowest BCUT2D eigenvalue weighted by Crippen LogP contribution is -2.60. The second-order valence-electron chi connectivity index (χ2n) is 9.30. The third-order valence-electron chi connectivity index (χ3n) is 7.00. The van der Waals surface area contributed by atoms with Gasteiger partial charge in [-0.05, 0) is 86.1 Å². The summed E-state index contributed by atoms with van der Waals surface area (Å²) >= 11 is 0. The van der Waals surface area contributed by atoms with Crippen molar-refractivity contribution in [2.75, 3.05) is 5.32 Å². The Bertz CT molecular complexity index is 913. The van der Waals surface area contributed by atoms with Gasteiger partial charge in [0.15, 0.2) is 0 Å². The normalized spacial score (nSPS) is 29.6. The smallest absolute Gasteiger partial charge is 0.352 e. The average Bonchev–Trinajstić information content (AvgIpc) is 3.08. The van der Waals surface area contributed by atoms with E-state index < -0.39 is 5.97 Å². The van der Waals surface area contributed by atoms with Crippen molar-refractivity contribution in [1.82, 2.24) is 9.88 Å². The van der Waals surface area contributed by atoms with Crippen LogP contribution in [0.2, 0.25) is 0 Å². The SMILES string of the molecule is O=C(Nc1cccc(Cn2cccc2C(=O)O)c1)NC12CC3CC(CC(C3)C1)C2. The molecule has 4 fully saturated rings. The lowest BCUT2D eigenvalue weighted by Gasteiger charge is -2.56. The number of nitrogens with zero attached hydrogens (tertiary/aromatic N) is 1. The van der Waals surface area contributed by atoms with Gasteiger partial charge in [-0.1, -0.05) is 12.1 Å². The molecule has 6 heteroatoms. The molecule has 0 unspecified atom stereocenters. The van der Waals surface area contributed by atoms with Gasteiger partial charge in [0.05, 0.1) is 0 Å². The summed E-state index contributed by atoms with van der Waals surface area (Å²) in [6.45, 7) is 0.445. The number of carbonyl (C=O) groups is 2. The van der Waals surface area contributed by atoms with Crippen molar-refractivity contribution in [2.24, 2.45) is 17.8 Å². The topological polar surface area (TPSA) is 83.4 Å². The van der Waals surface area contributed by atoms with Gasteiger partial charge in [-0.2, -0.15) is 0 Å². The second-order valence-corrected chi connectivity index (χ2v) is 9.30. The Balaban J connectivity index is 1.25. The molecule has 152 valence electrons. The molecule has 0 spiro atoms. The van der Waals surface area contributed by atoms with E-state index in [-0.39, 0.29) is 17.3 Å². The highest BCUT2D eigenvalue weighted by Crippen LogP contribution is 2.55. The summed E-state index contributed by atoms with van der Waals surface area (Å²) in [5.74, 6) is 1.42. The molecule has 4 saturated carbocycles. The number of aromatic nitrogens is 1. The van der Waals surface area contributed by atoms with Gasteiger partial charge in [0.1, 0.15) is 5.69 Å². The first-order valence-corrected chi connectivity index (χ1v) is 10.5. The van der Waals surface area contributed by atoms with Gasteiger partial charge in [0, 0.05) is 24.0 Å². The number of amides is 2. The first-order valence-electron chi connectivity index (χ1n) is 10.5. The van der Waals surface area contributed by atoms with Gasteiger partial charge in [0.25, 0.3) is 0 Å². The number of hydrogen-bond donors (Lipinski definition) is 3. The Morgan fingerprint density at radius 2 is 1.72 bits per heavy atom. The van der Waals surface area contributed by atoms with Crippen molar-refractivity contribution in [1.29, 1.82) is 0 Å².